The Morgan fingerprint density at radius 1 is 0.677 bits per heavy atom. The molecule has 0 saturated heterocycles. The van der Waals surface area contributed by atoms with Crippen LogP contribution in [-0.2, 0) is 40.5 Å². The third-order valence-electron chi connectivity index (χ3n) is 5.17. The molecule has 0 amide bonds. The fourth-order valence-electron chi connectivity index (χ4n) is 3.24. The number of thiol groups is 2. The molecule has 0 fully saturated rings. The fraction of sp³-hybridized carbons (Fsp3) is 0.900. The van der Waals surface area contributed by atoms with Crippen molar-refractivity contribution in [2.75, 3.05) is 0 Å². The van der Waals surface area contributed by atoms with Crippen molar-refractivity contribution in [2.24, 2.45) is 11.8 Å². The third kappa shape index (κ3) is 13.9. The molecule has 11 heteroatoms. The normalized spacial score (nSPS) is 15.0. The summed E-state index contributed by atoms with van der Waals surface area (Å²) in [5.74, 6) is -2.21. The summed E-state index contributed by atoms with van der Waals surface area (Å²) in [7, 11) is -5.93. The number of carbonyl (C=O) groups is 2. The van der Waals surface area contributed by atoms with Gasteiger partial charge in [0.25, 0.3) is 0 Å². The molecule has 0 aliphatic heterocycles. The van der Waals surface area contributed by atoms with E-state index in [0.29, 0.717) is 25.7 Å². The minimum atomic E-state index is -2.96. The van der Waals surface area contributed by atoms with Gasteiger partial charge in [0.1, 0.15) is 0 Å². The van der Waals surface area contributed by atoms with E-state index in [1.165, 1.54) is 0 Å². The Hall–Kier alpha value is -0.160. The molecular formula is C20H39NaO8S2. The summed E-state index contributed by atoms with van der Waals surface area (Å²) in [6.07, 6.45) is 5.09. The van der Waals surface area contributed by atoms with E-state index in [1.54, 1.807) is 0 Å². The monoisotopic (exact) mass is 494 g/mol. The van der Waals surface area contributed by atoms with Gasteiger partial charge in [-0.2, -0.15) is 0 Å². The van der Waals surface area contributed by atoms with Crippen LogP contribution >= 0.6 is 0 Å². The predicted molar refractivity (Wildman–Crippen MR) is 123 cm³/mol. The van der Waals surface area contributed by atoms with Gasteiger partial charge in [0, 0.05) is 11.8 Å². The van der Waals surface area contributed by atoms with Gasteiger partial charge in [0.05, 0.1) is 12.8 Å². The first-order valence-corrected chi connectivity index (χ1v) is 13.4. The van der Waals surface area contributed by atoms with Crippen LogP contribution in [0.2, 0.25) is 0 Å². The molecule has 0 radical (unpaired) electrons. The summed E-state index contributed by atoms with van der Waals surface area (Å²) < 4.78 is 56.5. The van der Waals surface area contributed by atoms with Crippen LogP contribution in [0.15, 0.2) is 0 Å². The van der Waals surface area contributed by atoms with Crippen molar-refractivity contribution in [2.45, 2.75) is 103 Å². The Morgan fingerprint density at radius 2 is 1.00 bits per heavy atom. The van der Waals surface area contributed by atoms with E-state index >= 15 is 0 Å². The molecule has 0 spiro atoms. The summed E-state index contributed by atoms with van der Waals surface area (Å²) >= 11 is 0. The van der Waals surface area contributed by atoms with Gasteiger partial charge in [0.2, 0.25) is 10.9 Å². The molecule has 31 heavy (non-hydrogen) atoms. The molecule has 8 nitrogen and oxygen atoms in total. The predicted octanol–water partition coefficient (Wildman–Crippen LogP) is 2.51. The van der Waals surface area contributed by atoms with Crippen LogP contribution in [-0.4, -0.2) is 69.2 Å². The van der Waals surface area contributed by atoms with Crippen LogP contribution < -0.4 is 0 Å². The van der Waals surface area contributed by atoms with Gasteiger partial charge in [-0.15, -0.1) is 0 Å². The van der Waals surface area contributed by atoms with Gasteiger partial charge < -0.3 is 9.47 Å². The third-order valence-corrected chi connectivity index (χ3v) is 7.05. The van der Waals surface area contributed by atoms with E-state index in [0.717, 1.165) is 25.7 Å². The average Bonchev–Trinajstić information content (AvgIpc) is 2.71. The molecule has 4 atom stereocenters. The van der Waals surface area contributed by atoms with Gasteiger partial charge in [-0.05, 0) is 25.7 Å². The van der Waals surface area contributed by atoms with Gasteiger partial charge >= 0.3 is 41.5 Å². The first-order chi connectivity index (χ1) is 14.2. The Morgan fingerprint density at radius 3 is 1.23 bits per heavy atom. The molecule has 0 N–H and O–H groups in total. The molecule has 180 valence electrons. The zero-order valence-corrected chi connectivity index (χ0v) is 20.3. The second kappa shape index (κ2) is 19.3. The van der Waals surface area contributed by atoms with Crippen molar-refractivity contribution >= 4 is 62.9 Å². The van der Waals surface area contributed by atoms with Crippen molar-refractivity contribution in [3.8, 4) is 0 Å². The zero-order valence-electron chi connectivity index (χ0n) is 18.5. The maximum absolute atomic E-state index is 12.1. The maximum atomic E-state index is 12.1. The van der Waals surface area contributed by atoms with Crippen molar-refractivity contribution in [1.29, 1.82) is 0 Å². The topological polar surface area (TPSA) is 121 Å². The molecule has 0 heterocycles. The van der Waals surface area contributed by atoms with Gasteiger partial charge in [-0.3, -0.25) is 9.59 Å². The van der Waals surface area contributed by atoms with Crippen molar-refractivity contribution in [1.82, 2.24) is 0 Å². The number of hydrogen-bond donors (Lipinski definition) is 2. The summed E-state index contributed by atoms with van der Waals surface area (Å²) in [6.45, 7) is 7.66. The number of carbonyl (C=O) groups excluding carboxylic acids is 2. The van der Waals surface area contributed by atoms with Gasteiger partial charge in [-0.25, -0.2) is 16.8 Å². The molecule has 0 aliphatic rings. The Bertz CT molecular complexity index is 592. The standard InChI is InChI=1S/C20H38O8S2.Na.H/c1-5-9-11-15(7-3)19(29(23)24)27-17(21)13-14-18(22)28-20(30(25)26)16(8-4)12-10-6-2;;/h15-16,19-20,29-30H,5-14H2,1-4H3;;. The van der Waals surface area contributed by atoms with Crippen molar-refractivity contribution < 1.29 is 35.9 Å². The zero-order chi connectivity index (χ0) is 23.1. The molecular weight excluding hydrogens is 455 g/mol. The van der Waals surface area contributed by atoms with E-state index in [9.17, 15) is 26.4 Å². The molecule has 0 aliphatic carbocycles. The van der Waals surface area contributed by atoms with Crippen LogP contribution in [0.4, 0.5) is 0 Å². The van der Waals surface area contributed by atoms with Gasteiger partial charge in [-0.1, -0.05) is 53.4 Å². The summed E-state index contributed by atoms with van der Waals surface area (Å²) in [6, 6.07) is 0. The summed E-state index contributed by atoms with van der Waals surface area (Å²) in [5, 5.41) is 0. The number of unbranched alkanes of at least 4 members (excludes halogenated alkanes) is 2. The van der Waals surface area contributed by atoms with Gasteiger partial charge in [0.15, 0.2) is 21.4 Å². The SMILES string of the molecule is CCCCC(CC)C(OC(=O)CCC(=O)OC(C(CC)CCCC)[SH](=O)=O)[SH](=O)=O.[NaH]. The summed E-state index contributed by atoms with van der Waals surface area (Å²) in [5.41, 5.74) is -2.44. The second-order valence-electron chi connectivity index (χ2n) is 7.45. The number of rotatable bonds is 17. The Labute approximate surface area is 212 Å². The van der Waals surface area contributed by atoms with E-state index in [4.69, 9.17) is 9.47 Å². The number of hydrogen-bond acceptors (Lipinski definition) is 8. The van der Waals surface area contributed by atoms with E-state index < -0.39 is 44.2 Å². The molecule has 0 aromatic heterocycles. The van der Waals surface area contributed by atoms with Crippen molar-refractivity contribution in [3.63, 3.8) is 0 Å². The molecule has 0 rings (SSSR count). The first kappa shape index (κ1) is 33.0. The quantitative estimate of drug-likeness (QED) is 0.180. The van der Waals surface area contributed by atoms with Crippen LogP contribution in [0.25, 0.3) is 0 Å². The number of esters is 2. The second-order valence-corrected chi connectivity index (χ2v) is 9.61. The summed E-state index contributed by atoms with van der Waals surface area (Å²) in [4.78, 5) is 24.2. The van der Waals surface area contributed by atoms with E-state index in [1.807, 2.05) is 27.7 Å². The first-order valence-electron chi connectivity index (χ1n) is 10.9. The average molecular weight is 495 g/mol. The van der Waals surface area contributed by atoms with Crippen molar-refractivity contribution in [3.05, 3.63) is 0 Å². The Balaban J connectivity index is 0. The van der Waals surface area contributed by atoms with Crippen LogP contribution in [0.5, 0.6) is 0 Å². The van der Waals surface area contributed by atoms with Crippen LogP contribution in [0.3, 0.4) is 0 Å². The molecule has 4 unspecified atom stereocenters. The van der Waals surface area contributed by atoms with E-state index in [2.05, 4.69) is 0 Å². The molecule has 0 aromatic rings. The minimum absolute atomic E-state index is 0. The molecule has 0 aromatic carbocycles. The number of ether oxygens (including phenoxy) is 2. The molecule has 0 bridgehead atoms. The van der Waals surface area contributed by atoms with Crippen LogP contribution in [0, 0.1) is 11.8 Å². The molecule has 0 saturated carbocycles. The fourth-order valence-corrected chi connectivity index (χ4v) is 5.06. The Kier molecular flexibility index (Phi) is 20.6. The van der Waals surface area contributed by atoms with E-state index in [-0.39, 0.29) is 54.2 Å². The van der Waals surface area contributed by atoms with Crippen LogP contribution in [0.1, 0.15) is 91.9 Å².